The number of aromatic nitrogens is 3. The normalized spacial score (nSPS) is 22.6. The number of hydrogen-bond donors (Lipinski definition) is 3. The van der Waals surface area contributed by atoms with Crippen molar-refractivity contribution in [1.29, 1.82) is 0 Å². The Morgan fingerprint density at radius 1 is 1.27 bits per heavy atom. The summed E-state index contributed by atoms with van der Waals surface area (Å²) < 4.78 is 8.38. The monoisotopic (exact) mass is 456 g/mol. The SMILES string of the molecule is CC(C)C[n+]1c(O)c(C(=O)NC2CC2)c(=O)n2[nH]cc(/C=C/C(=O)N3C4CCC3COC4)c21. The zero-order valence-electron chi connectivity index (χ0n) is 18.9. The summed E-state index contributed by atoms with van der Waals surface area (Å²) in [4.78, 5) is 40.6. The van der Waals surface area contributed by atoms with E-state index in [0.717, 1.165) is 25.7 Å². The first-order chi connectivity index (χ1) is 15.8. The van der Waals surface area contributed by atoms with E-state index in [1.165, 1.54) is 10.6 Å². The molecule has 2 amide bonds. The van der Waals surface area contributed by atoms with Crippen LogP contribution in [0.5, 0.6) is 5.88 Å². The number of carbonyl (C=O) groups is 2. The molecular formula is C23H30N5O5+. The zero-order valence-corrected chi connectivity index (χ0v) is 18.9. The van der Waals surface area contributed by atoms with Gasteiger partial charge >= 0.3 is 17.1 Å². The van der Waals surface area contributed by atoms with E-state index in [4.69, 9.17) is 4.74 Å². The molecule has 1 saturated carbocycles. The van der Waals surface area contributed by atoms with Crippen LogP contribution in [0.25, 0.3) is 11.7 Å². The Kier molecular flexibility index (Phi) is 5.48. The molecule has 0 spiro atoms. The lowest BCUT2D eigenvalue weighted by molar-refractivity contribution is -0.686. The van der Waals surface area contributed by atoms with E-state index in [9.17, 15) is 19.5 Å². The summed E-state index contributed by atoms with van der Waals surface area (Å²) in [5, 5.41) is 16.7. The van der Waals surface area contributed by atoms with Crippen molar-refractivity contribution < 1.29 is 24.0 Å². The number of rotatable bonds is 6. The third kappa shape index (κ3) is 3.92. The number of fused-ring (bicyclic) bond motifs is 3. The topological polar surface area (TPSA) is 120 Å². The smallest absolute Gasteiger partial charge is 0.378 e. The molecule has 5 rings (SSSR count). The molecule has 3 aliphatic rings. The number of nitrogens with one attached hydrogen (secondary N) is 2. The van der Waals surface area contributed by atoms with Crippen molar-refractivity contribution in [3.05, 3.63) is 33.8 Å². The largest absolute Gasteiger partial charge is 0.477 e. The fourth-order valence-corrected chi connectivity index (χ4v) is 4.84. The number of amides is 2. The Balaban J connectivity index is 1.53. The van der Waals surface area contributed by atoms with Crippen molar-refractivity contribution >= 4 is 23.5 Å². The van der Waals surface area contributed by atoms with Gasteiger partial charge in [-0.1, -0.05) is 18.4 Å². The van der Waals surface area contributed by atoms with Crippen molar-refractivity contribution in [3.63, 3.8) is 0 Å². The first-order valence-corrected chi connectivity index (χ1v) is 11.6. The number of aromatic amines is 1. The van der Waals surface area contributed by atoms with Gasteiger partial charge in [0, 0.05) is 12.1 Å². The van der Waals surface area contributed by atoms with E-state index >= 15 is 0 Å². The molecular weight excluding hydrogens is 426 g/mol. The molecule has 3 N–H and O–H groups in total. The Morgan fingerprint density at radius 3 is 2.61 bits per heavy atom. The van der Waals surface area contributed by atoms with E-state index in [2.05, 4.69) is 10.4 Å². The van der Waals surface area contributed by atoms with Gasteiger partial charge in [0.05, 0.1) is 43.6 Å². The molecule has 0 radical (unpaired) electrons. The number of hydrogen-bond acceptors (Lipinski definition) is 5. The lowest BCUT2D eigenvalue weighted by Gasteiger charge is -2.33. The number of morpholine rings is 1. The Hall–Kier alpha value is -3.14. The number of aromatic hydroxyl groups is 1. The second-order valence-corrected chi connectivity index (χ2v) is 9.65. The van der Waals surface area contributed by atoms with Crippen molar-refractivity contribution in [2.45, 2.75) is 64.2 Å². The molecule has 10 heteroatoms. The van der Waals surface area contributed by atoms with Gasteiger partial charge in [0.2, 0.25) is 11.5 Å². The highest BCUT2D eigenvalue weighted by atomic mass is 16.5. The van der Waals surface area contributed by atoms with Gasteiger partial charge in [-0.15, -0.1) is 0 Å². The quantitative estimate of drug-likeness (QED) is 0.434. The van der Waals surface area contributed by atoms with Crippen LogP contribution < -0.4 is 15.4 Å². The Morgan fingerprint density at radius 2 is 1.97 bits per heavy atom. The fourth-order valence-electron chi connectivity index (χ4n) is 4.84. The molecule has 2 atom stereocenters. The van der Waals surface area contributed by atoms with Crippen LogP contribution in [-0.4, -0.2) is 62.8 Å². The van der Waals surface area contributed by atoms with Crippen LogP contribution in [0.3, 0.4) is 0 Å². The highest BCUT2D eigenvalue weighted by Gasteiger charge is 2.39. The molecule has 2 aromatic heterocycles. The van der Waals surface area contributed by atoms with Crippen LogP contribution in [0.1, 0.15) is 55.5 Å². The summed E-state index contributed by atoms with van der Waals surface area (Å²) in [7, 11) is 0. The van der Waals surface area contributed by atoms with Gasteiger partial charge in [0.25, 0.3) is 5.91 Å². The van der Waals surface area contributed by atoms with Crippen molar-refractivity contribution in [2.75, 3.05) is 13.2 Å². The van der Waals surface area contributed by atoms with Gasteiger partial charge in [-0.05, 0) is 37.7 Å². The van der Waals surface area contributed by atoms with Gasteiger partial charge in [0.1, 0.15) is 0 Å². The molecule has 10 nitrogen and oxygen atoms in total. The van der Waals surface area contributed by atoms with E-state index in [1.807, 2.05) is 18.7 Å². The lowest BCUT2D eigenvalue weighted by atomic mass is 10.2. The van der Waals surface area contributed by atoms with Crippen molar-refractivity contribution in [2.24, 2.45) is 5.92 Å². The molecule has 2 bridgehead atoms. The summed E-state index contributed by atoms with van der Waals surface area (Å²) in [5.74, 6) is -0.887. The highest BCUT2D eigenvalue weighted by Crippen LogP contribution is 2.29. The first kappa shape index (κ1) is 21.7. The minimum Gasteiger partial charge on any atom is -0.477 e. The molecule has 1 aliphatic carbocycles. The zero-order chi connectivity index (χ0) is 23.3. The van der Waals surface area contributed by atoms with Gasteiger partial charge in [-0.3, -0.25) is 9.59 Å². The summed E-state index contributed by atoms with van der Waals surface area (Å²) in [6, 6.07) is 0.266. The molecule has 176 valence electrons. The minimum absolute atomic E-state index is 0.0548. The third-order valence-electron chi connectivity index (χ3n) is 6.56. The summed E-state index contributed by atoms with van der Waals surface area (Å²) >= 11 is 0. The van der Waals surface area contributed by atoms with Crippen molar-refractivity contribution in [3.8, 4) is 5.88 Å². The first-order valence-electron chi connectivity index (χ1n) is 11.6. The van der Waals surface area contributed by atoms with Crippen LogP contribution in [0.2, 0.25) is 0 Å². The van der Waals surface area contributed by atoms with E-state index in [-0.39, 0.29) is 41.4 Å². The minimum atomic E-state index is -0.627. The average Bonchev–Trinajstić information content (AvgIpc) is 3.42. The van der Waals surface area contributed by atoms with Gasteiger partial charge in [-0.2, -0.15) is 4.57 Å². The second kappa shape index (κ2) is 8.33. The molecule has 4 heterocycles. The fraction of sp³-hybridized carbons (Fsp3) is 0.565. The van der Waals surface area contributed by atoms with Crippen molar-refractivity contribution in [1.82, 2.24) is 19.8 Å². The summed E-state index contributed by atoms with van der Waals surface area (Å²) in [6.45, 7) is 5.48. The predicted molar refractivity (Wildman–Crippen MR) is 119 cm³/mol. The van der Waals surface area contributed by atoms with E-state index in [1.54, 1.807) is 16.8 Å². The van der Waals surface area contributed by atoms with Crippen LogP contribution in [0.15, 0.2) is 17.1 Å². The average molecular weight is 457 g/mol. The maximum absolute atomic E-state index is 13.1. The Bertz CT molecular complexity index is 1180. The number of nitrogens with zero attached hydrogens (tertiary/aromatic N) is 3. The Labute approximate surface area is 190 Å². The molecule has 2 aromatic rings. The number of carbonyl (C=O) groups excluding carboxylic acids is 2. The standard InChI is InChI=1S/C23H29N5O5/c1-13(2)10-26-21-14(3-8-18(29)27-16-6-7-17(27)12-33-11-16)9-24-28(21)23(32)19(22(26)31)20(30)25-15-4-5-15/h3,8-9,13,15-17H,4-7,10-12H2,1-2H3,(H2,25,30,31,32)/p+1/b8-3+. The van der Waals surface area contributed by atoms with Crippen LogP contribution in [0.4, 0.5) is 0 Å². The van der Waals surface area contributed by atoms with Gasteiger partial charge in [0.15, 0.2) is 0 Å². The predicted octanol–water partition coefficient (Wildman–Crippen LogP) is 0.572. The molecule has 2 unspecified atom stereocenters. The molecule has 2 aliphatic heterocycles. The molecule has 2 saturated heterocycles. The number of ether oxygens (including phenoxy) is 1. The second-order valence-electron chi connectivity index (χ2n) is 9.65. The number of H-pyrrole nitrogens is 1. The molecule has 3 fully saturated rings. The third-order valence-corrected chi connectivity index (χ3v) is 6.56. The summed E-state index contributed by atoms with van der Waals surface area (Å²) in [6.07, 6.45) is 8.41. The highest BCUT2D eigenvalue weighted by molar-refractivity contribution is 5.96. The summed E-state index contributed by atoms with van der Waals surface area (Å²) in [5.41, 5.74) is 0.0746. The van der Waals surface area contributed by atoms with Gasteiger partial charge in [-0.25, -0.2) is 9.89 Å². The maximum Gasteiger partial charge on any atom is 0.378 e. The maximum atomic E-state index is 13.1. The van der Waals surface area contributed by atoms with E-state index in [0.29, 0.717) is 31.0 Å². The van der Waals surface area contributed by atoms with Crippen LogP contribution in [0, 0.1) is 5.92 Å². The van der Waals surface area contributed by atoms with Crippen LogP contribution >= 0.6 is 0 Å². The molecule has 0 aromatic carbocycles. The van der Waals surface area contributed by atoms with E-state index < -0.39 is 11.5 Å². The van der Waals surface area contributed by atoms with Gasteiger partial charge < -0.3 is 20.1 Å². The molecule has 33 heavy (non-hydrogen) atoms. The van der Waals surface area contributed by atoms with Crippen LogP contribution in [-0.2, 0) is 16.1 Å². The lowest BCUT2D eigenvalue weighted by Crippen LogP contribution is -2.48.